The zero-order valence-electron chi connectivity index (χ0n) is 10.5. The molecular formula is C13H9BrCl2N2O2S. The van der Waals surface area contributed by atoms with Gasteiger partial charge in [-0.3, -0.25) is 20.4 Å². The predicted molar refractivity (Wildman–Crippen MR) is 87.8 cm³/mol. The lowest BCUT2D eigenvalue weighted by atomic mass is 10.1. The molecule has 0 aliphatic heterocycles. The van der Waals surface area contributed by atoms with Crippen molar-refractivity contribution in [2.24, 2.45) is 0 Å². The third-order valence-corrected chi connectivity index (χ3v) is 4.69. The van der Waals surface area contributed by atoms with Crippen molar-refractivity contribution in [2.45, 2.75) is 6.42 Å². The minimum Gasteiger partial charge on any atom is -0.273 e. The number of halogens is 3. The van der Waals surface area contributed by atoms with Crippen LogP contribution in [0.3, 0.4) is 0 Å². The van der Waals surface area contributed by atoms with Crippen LogP contribution in [0.1, 0.15) is 15.2 Å². The van der Waals surface area contributed by atoms with Crippen LogP contribution in [0.15, 0.2) is 34.1 Å². The molecule has 0 aliphatic rings. The van der Waals surface area contributed by atoms with Gasteiger partial charge < -0.3 is 0 Å². The highest BCUT2D eigenvalue weighted by molar-refractivity contribution is 9.11. The molecule has 0 saturated heterocycles. The Morgan fingerprint density at radius 1 is 1.14 bits per heavy atom. The smallest absolute Gasteiger partial charge is 0.273 e. The van der Waals surface area contributed by atoms with Crippen molar-refractivity contribution in [1.82, 2.24) is 10.9 Å². The number of carbonyl (C=O) groups is 2. The highest BCUT2D eigenvalue weighted by Crippen LogP contribution is 2.22. The maximum Gasteiger partial charge on any atom is 0.279 e. The molecule has 2 N–H and O–H groups in total. The average molecular weight is 408 g/mol. The van der Waals surface area contributed by atoms with Crippen molar-refractivity contribution in [1.29, 1.82) is 0 Å². The van der Waals surface area contributed by atoms with Crippen LogP contribution in [-0.4, -0.2) is 11.8 Å². The number of benzene rings is 1. The van der Waals surface area contributed by atoms with Crippen LogP contribution in [0.5, 0.6) is 0 Å². The van der Waals surface area contributed by atoms with Gasteiger partial charge in [0.25, 0.3) is 5.91 Å². The third kappa shape index (κ3) is 4.71. The summed E-state index contributed by atoms with van der Waals surface area (Å²) in [4.78, 5) is 24.0. The molecule has 0 atom stereocenters. The lowest BCUT2D eigenvalue weighted by Crippen LogP contribution is -2.42. The van der Waals surface area contributed by atoms with Gasteiger partial charge in [-0.05, 0) is 45.8 Å². The SMILES string of the molecule is O=C(Cc1ccc(Cl)cc1Cl)NNC(=O)c1ccc(Br)s1. The summed E-state index contributed by atoms with van der Waals surface area (Å²) in [5.41, 5.74) is 5.32. The number of nitrogens with one attached hydrogen (secondary N) is 2. The highest BCUT2D eigenvalue weighted by atomic mass is 79.9. The maximum atomic E-state index is 11.8. The second kappa shape index (κ2) is 7.26. The molecule has 1 aromatic carbocycles. The van der Waals surface area contributed by atoms with E-state index in [0.29, 0.717) is 20.5 Å². The standard InChI is InChI=1S/C13H9BrCl2N2O2S/c14-11-4-3-10(21-11)13(20)18-17-12(19)5-7-1-2-8(15)6-9(7)16/h1-4,6H,5H2,(H,17,19)(H,18,20). The Labute approximate surface area is 143 Å². The summed E-state index contributed by atoms with van der Waals surface area (Å²) in [5, 5.41) is 0.909. The predicted octanol–water partition coefficient (Wildman–Crippen LogP) is 3.82. The molecule has 0 fully saturated rings. The molecule has 0 radical (unpaired) electrons. The number of rotatable bonds is 3. The second-order valence-corrected chi connectivity index (χ2v) is 7.33. The van der Waals surface area contributed by atoms with Crippen molar-refractivity contribution in [3.8, 4) is 0 Å². The van der Waals surface area contributed by atoms with Crippen LogP contribution in [-0.2, 0) is 11.2 Å². The van der Waals surface area contributed by atoms with Crippen molar-refractivity contribution >= 4 is 62.3 Å². The lowest BCUT2D eigenvalue weighted by molar-refractivity contribution is -0.121. The molecule has 21 heavy (non-hydrogen) atoms. The summed E-state index contributed by atoms with van der Waals surface area (Å²) in [6, 6.07) is 8.30. The molecule has 2 aromatic rings. The molecule has 4 nitrogen and oxygen atoms in total. The Morgan fingerprint density at radius 2 is 1.90 bits per heavy atom. The third-order valence-electron chi connectivity index (χ3n) is 2.48. The minimum atomic E-state index is -0.374. The first-order valence-corrected chi connectivity index (χ1v) is 8.10. The number of hydrazine groups is 1. The van der Waals surface area contributed by atoms with E-state index in [2.05, 4.69) is 26.8 Å². The summed E-state index contributed by atoms with van der Waals surface area (Å²) in [6.07, 6.45) is 0.0460. The Hall–Kier alpha value is -1.08. The fraction of sp³-hybridized carbons (Fsp3) is 0.0769. The summed E-state index contributed by atoms with van der Waals surface area (Å²) in [6.45, 7) is 0. The van der Waals surface area contributed by atoms with Crippen LogP contribution >= 0.6 is 50.5 Å². The van der Waals surface area contributed by atoms with Gasteiger partial charge in [0.1, 0.15) is 0 Å². The van der Waals surface area contributed by atoms with Crippen LogP contribution in [0.2, 0.25) is 10.0 Å². The first-order chi connectivity index (χ1) is 9.95. The fourth-order valence-corrected chi connectivity index (χ4v) is 3.26. The molecule has 110 valence electrons. The van der Waals surface area contributed by atoms with E-state index >= 15 is 0 Å². The van der Waals surface area contributed by atoms with Gasteiger partial charge in [0.05, 0.1) is 15.1 Å². The van der Waals surface area contributed by atoms with Gasteiger partial charge >= 0.3 is 0 Å². The Balaban J connectivity index is 1.89. The first kappa shape index (κ1) is 16.3. The first-order valence-electron chi connectivity index (χ1n) is 5.74. The second-order valence-electron chi connectivity index (χ2n) is 4.02. The van der Waals surface area contributed by atoms with Crippen molar-refractivity contribution in [3.05, 3.63) is 54.6 Å². The molecule has 2 amide bonds. The summed E-state index contributed by atoms with van der Waals surface area (Å²) in [7, 11) is 0. The zero-order valence-corrected chi connectivity index (χ0v) is 14.4. The molecule has 2 rings (SSSR count). The van der Waals surface area contributed by atoms with Crippen LogP contribution < -0.4 is 10.9 Å². The number of amides is 2. The average Bonchev–Trinajstić information content (AvgIpc) is 2.86. The molecule has 0 saturated carbocycles. The van der Waals surface area contributed by atoms with E-state index in [-0.39, 0.29) is 18.2 Å². The Kier molecular flexibility index (Phi) is 5.64. The fourth-order valence-electron chi connectivity index (χ4n) is 1.51. The molecule has 0 aliphatic carbocycles. The van der Waals surface area contributed by atoms with E-state index in [0.717, 1.165) is 3.79 Å². The van der Waals surface area contributed by atoms with Crippen molar-refractivity contribution < 1.29 is 9.59 Å². The molecule has 1 aromatic heterocycles. The van der Waals surface area contributed by atoms with Crippen LogP contribution in [0, 0.1) is 0 Å². The molecule has 8 heteroatoms. The monoisotopic (exact) mass is 406 g/mol. The zero-order chi connectivity index (χ0) is 15.4. The van der Waals surface area contributed by atoms with E-state index in [1.807, 2.05) is 0 Å². The topological polar surface area (TPSA) is 58.2 Å². The molecular weight excluding hydrogens is 399 g/mol. The summed E-state index contributed by atoms with van der Waals surface area (Å²) >= 11 is 16.3. The highest BCUT2D eigenvalue weighted by Gasteiger charge is 2.11. The lowest BCUT2D eigenvalue weighted by Gasteiger charge is -2.07. The summed E-state index contributed by atoms with van der Waals surface area (Å²) in [5.74, 6) is -0.746. The van der Waals surface area contributed by atoms with E-state index < -0.39 is 0 Å². The van der Waals surface area contributed by atoms with Crippen molar-refractivity contribution in [3.63, 3.8) is 0 Å². The number of hydrogen-bond donors (Lipinski definition) is 2. The Bertz CT molecular complexity index is 691. The van der Waals surface area contributed by atoms with Crippen LogP contribution in [0.4, 0.5) is 0 Å². The van der Waals surface area contributed by atoms with E-state index in [9.17, 15) is 9.59 Å². The van der Waals surface area contributed by atoms with Gasteiger partial charge in [0.15, 0.2) is 0 Å². The quantitative estimate of drug-likeness (QED) is 0.759. The number of carbonyl (C=O) groups excluding carboxylic acids is 2. The molecule has 0 spiro atoms. The van der Waals surface area contributed by atoms with Gasteiger partial charge in [0.2, 0.25) is 5.91 Å². The van der Waals surface area contributed by atoms with Crippen molar-refractivity contribution in [2.75, 3.05) is 0 Å². The van der Waals surface area contributed by atoms with Crippen LogP contribution in [0.25, 0.3) is 0 Å². The van der Waals surface area contributed by atoms with Gasteiger partial charge in [-0.2, -0.15) is 0 Å². The van der Waals surface area contributed by atoms with Gasteiger partial charge in [-0.1, -0.05) is 29.3 Å². The maximum absolute atomic E-state index is 11.8. The van der Waals surface area contributed by atoms with E-state index in [4.69, 9.17) is 23.2 Å². The molecule has 1 heterocycles. The minimum absolute atomic E-state index is 0.0460. The van der Waals surface area contributed by atoms with E-state index in [1.165, 1.54) is 11.3 Å². The number of hydrogen-bond acceptors (Lipinski definition) is 3. The Morgan fingerprint density at radius 3 is 2.52 bits per heavy atom. The molecule has 0 bridgehead atoms. The largest absolute Gasteiger partial charge is 0.279 e. The number of thiophene rings is 1. The van der Waals surface area contributed by atoms with Gasteiger partial charge in [0, 0.05) is 10.0 Å². The van der Waals surface area contributed by atoms with E-state index in [1.54, 1.807) is 30.3 Å². The molecule has 0 unspecified atom stereocenters. The van der Waals surface area contributed by atoms with Gasteiger partial charge in [-0.25, -0.2) is 0 Å². The normalized spacial score (nSPS) is 10.2. The van der Waals surface area contributed by atoms with Gasteiger partial charge in [-0.15, -0.1) is 11.3 Å². The summed E-state index contributed by atoms with van der Waals surface area (Å²) < 4.78 is 0.840.